The third-order valence-corrected chi connectivity index (χ3v) is 5.45. The molecule has 1 aliphatic heterocycles. The lowest BCUT2D eigenvalue weighted by molar-refractivity contribution is -0.124. The number of nitrogens with one attached hydrogen (secondary N) is 1. The highest BCUT2D eigenvalue weighted by molar-refractivity contribution is 5.95. The standard InChI is InChI=1S/C24H30N2O3/c1-3-23(27)20-9-11-21(12-10-20)29-17-24(28)25-22-13-14-26(15-18(22)2)16-19-7-5-4-6-8-19/h4-12,18,22H,3,13-17H2,1-2H3,(H,25,28)/t18-,22-/m1/s1. The van der Waals surface area contributed by atoms with Gasteiger partial charge < -0.3 is 10.1 Å². The predicted molar refractivity (Wildman–Crippen MR) is 114 cm³/mol. The second-order valence-corrected chi connectivity index (χ2v) is 7.75. The van der Waals surface area contributed by atoms with Crippen LogP contribution in [0.2, 0.25) is 0 Å². The number of hydrogen-bond acceptors (Lipinski definition) is 4. The molecule has 2 aromatic rings. The van der Waals surface area contributed by atoms with Crippen LogP contribution < -0.4 is 10.1 Å². The molecule has 0 aliphatic carbocycles. The van der Waals surface area contributed by atoms with Gasteiger partial charge in [0.2, 0.25) is 0 Å². The van der Waals surface area contributed by atoms with Crippen LogP contribution in [-0.4, -0.2) is 42.3 Å². The molecular weight excluding hydrogens is 364 g/mol. The van der Waals surface area contributed by atoms with Crippen LogP contribution in [0.25, 0.3) is 0 Å². The molecule has 0 unspecified atom stereocenters. The topological polar surface area (TPSA) is 58.6 Å². The minimum Gasteiger partial charge on any atom is -0.484 e. The van der Waals surface area contributed by atoms with E-state index in [-0.39, 0.29) is 24.3 Å². The Labute approximate surface area is 173 Å². The van der Waals surface area contributed by atoms with Crippen molar-refractivity contribution in [3.8, 4) is 5.75 Å². The molecular formula is C24H30N2O3. The fourth-order valence-electron chi connectivity index (χ4n) is 3.77. The van der Waals surface area contributed by atoms with E-state index in [1.807, 2.05) is 13.0 Å². The Morgan fingerprint density at radius 1 is 1.10 bits per heavy atom. The SMILES string of the molecule is CCC(=O)c1ccc(OCC(=O)N[C@@H]2CCN(Cc3ccccc3)C[C@H]2C)cc1. The Balaban J connectivity index is 1.42. The van der Waals surface area contributed by atoms with Gasteiger partial charge in [-0.25, -0.2) is 0 Å². The zero-order valence-electron chi connectivity index (χ0n) is 17.3. The summed E-state index contributed by atoms with van der Waals surface area (Å²) < 4.78 is 5.58. The maximum atomic E-state index is 12.3. The third kappa shape index (κ3) is 6.16. The highest BCUT2D eigenvalue weighted by Gasteiger charge is 2.27. The highest BCUT2D eigenvalue weighted by atomic mass is 16.5. The maximum Gasteiger partial charge on any atom is 0.258 e. The number of carbonyl (C=O) groups excluding carboxylic acids is 2. The first-order chi connectivity index (χ1) is 14.0. The average molecular weight is 395 g/mol. The number of likely N-dealkylation sites (tertiary alicyclic amines) is 1. The summed E-state index contributed by atoms with van der Waals surface area (Å²) >= 11 is 0. The molecule has 1 N–H and O–H groups in total. The van der Waals surface area contributed by atoms with Crippen molar-refractivity contribution in [2.24, 2.45) is 5.92 Å². The van der Waals surface area contributed by atoms with Gasteiger partial charge >= 0.3 is 0 Å². The van der Waals surface area contributed by atoms with E-state index in [2.05, 4.69) is 41.4 Å². The first kappa shape index (κ1) is 21.1. The number of piperidine rings is 1. The quantitative estimate of drug-likeness (QED) is 0.694. The minimum atomic E-state index is -0.105. The molecule has 5 nitrogen and oxygen atoms in total. The van der Waals surface area contributed by atoms with Gasteiger partial charge in [-0.05, 0) is 42.2 Å². The van der Waals surface area contributed by atoms with E-state index in [9.17, 15) is 9.59 Å². The Kier molecular flexibility index (Phi) is 7.42. The third-order valence-electron chi connectivity index (χ3n) is 5.45. The van der Waals surface area contributed by atoms with Gasteiger partial charge in [0.25, 0.3) is 5.91 Å². The van der Waals surface area contributed by atoms with Gasteiger partial charge in [-0.3, -0.25) is 14.5 Å². The average Bonchev–Trinajstić information content (AvgIpc) is 2.75. The molecule has 0 bridgehead atoms. The minimum absolute atomic E-state index is 0.0159. The number of carbonyl (C=O) groups is 2. The summed E-state index contributed by atoms with van der Waals surface area (Å²) in [5, 5.41) is 3.12. The Morgan fingerprint density at radius 2 is 1.83 bits per heavy atom. The van der Waals surface area contributed by atoms with Crippen LogP contribution in [0.15, 0.2) is 54.6 Å². The normalized spacial score (nSPS) is 19.5. The molecule has 2 aromatic carbocycles. The second-order valence-electron chi connectivity index (χ2n) is 7.75. The number of nitrogens with zero attached hydrogens (tertiary/aromatic N) is 1. The molecule has 0 radical (unpaired) electrons. The number of ether oxygens (including phenoxy) is 1. The lowest BCUT2D eigenvalue weighted by Crippen LogP contribution is -2.50. The molecule has 1 saturated heterocycles. The summed E-state index contributed by atoms with van der Waals surface area (Å²) in [7, 11) is 0. The van der Waals surface area contributed by atoms with Crippen molar-refractivity contribution in [3.63, 3.8) is 0 Å². The van der Waals surface area contributed by atoms with Gasteiger partial charge in [0, 0.05) is 37.7 Å². The number of Topliss-reactive ketones (excluding diaryl/α,β-unsaturated/α-hetero) is 1. The Morgan fingerprint density at radius 3 is 2.48 bits per heavy atom. The number of benzene rings is 2. The lowest BCUT2D eigenvalue weighted by atomic mass is 9.93. The first-order valence-corrected chi connectivity index (χ1v) is 10.4. The molecule has 0 saturated carbocycles. The van der Waals surface area contributed by atoms with Gasteiger partial charge in [0.05, 0.1) is 0 Å². The summed E-state index contributed by atoms with van der Waals surface area (Å²) in [6.45, 7) is 6.89. The second kappa shape index (κ2) is 10.2. The maximum absolute atomic E-state index is 12.3. The summed E-state index contributed by atoms with van der Waals surface area (Å²) in [6, 6.07) is 17.6. The number of hydrogen-bond donors (Lipinski definition) is 1. The van der Waals surface area contributed by atoms with Crippen LogP contribution in [0, 0.1) is 5.92 Å². The van der Waals surface area contributed by atoms with Crippen LogP contribution in [-0.2, 0) is 11.3 Å². The lowest BCUT2D eigenvalue weighted by Gasteiger charge is -2.37. The van der Waals surface area contributed by atoms with E-state index in [0.717, 1.165) is 26.1 Å². The molecule has 154 valence electrons. The van der Waals surface area contributed by atoms with Crippen molar-refractivity contribution >= 4 is 11.7 Å². The summed E-state index contributed by atoms with van der Waals surface area (Å²) in [5.41, 5.74) is 1.99. The summed E-state index contributed by atoms with van der Waals surface area (Å²) in [5.74, 6) is 0.975. The summed E-state index contributed by atoms with van der Waals surface area (Å²) in [6.07, 6.45) is 1.42. The molecule has 1 fully saturated rings. The molecule has 5 heteroatoms. The van der Waals surface area contributed by atoms with E-state index >= 15 is 0 Å². The molecule has 1 aliphatic rings. The summed E-state index contributed by atoms with van der Waals surface area (Å²) in [4.78, 5) is 26.4. The van der Waals surface area contributed by atoms with Crippen LogP contribution in [0.1, 0.15) is 42.6 Å². The van der Waals surface area contributed by atoms with Crippen LogP contribution in [0.5, 0.6) is 5.75 Å². The number of ketones is 1. The first-order valence-electron chi connectivity index (χ1n) is 10.4. The molecule has 1 heterocycles. The molecule has 0 spiro atoms. The molecule has 2 atom stereocenters. The van der Waals surface area contributed by atoms with Crippen molar-refractivity contribution in [2.45, 2.75) is 39.3 Å². The van der Waals surface area contributed by atoms with E-state index in [1.54, 1.807) is 24.3 Å². The van der Waals surface area contributed by atoms with Crippen molar-refractivity contribution in [3.05, 3.63) is 65.7 Å². The largest absolute Gasteiger partial charge is 0.484 e. The highest BCUT2D eigenvalue weighted by Crippen LogP contribution is 2.19. The Hall–Kier alpha value is -2.66. The van der Waals surface area contributed by atoms with Gasteiger partial charge in [-0.2, -0.15) is 0 Å². The zero-order valence-corrected chi connectivity index (χ0v) is 17.3. The molecule has 3 rings (SSSR count). The van der Waals surface area contributed by atoms with E-state index < -0.39 is 0 Å². The molecule has 0 aromatic heterocycles. The molecule has 29 heavy (non-hydrogen) atoms. The van der Waals surface area contributed by atoms with Gasteiger partial charge in [0.15, 0.2) is 12.4 Å². The van der Waals surface area contributed by atoms with E-state index in [0.29, 0.717) is 23.7 Å². The van der Waals surface area contributed by atoms with Crippen LogP contribution in [0.4, 0.5) is 0 Å². The Bertz CT molecular complexity index is 805. The van der Waals surface area contributed by atoms with Gasteiger partial charge in [0.1, 0.15) is 5.75 Å². The van der Waals surface area contributed by atoms with Gasteiger partial charge in [-0.15, -0.1) is 0 Å². The smallest absolute Gasteiger partial charge is 0.258 e. The van der Waals surface area contributed by atoms with Crippen LogP contribution in [0.3, 0.4) is 0 Å². The zero-order chi connectivity index (χ0) is 20.6. The fraction of sp³-hybridized carbons (Fsp3) is 0.417. The molecule has 1 amide bonds. The fourth-order valence-corrected chi connectivity index (χ4v) is 3.77. The van der Waals surface area contributed by atoms with Gasteiger partial charge in [-0.1, -0.05) is 44.2 Å². The van der Waals surface area contributed by atoms with E-state index in [4.69, 9.17) is 4.74 Å². The monoisotopic (exact) mass is 394 g/mol. The van der Waals surface area contributed by atoms with E-state index in [1.165, 1.54) is 5.56 Å². The van der Waals surface area contributed by atoms with Crippen molar-refractivity contribution in [1.29, 1.82) is 0 Å². The number of amides is 1. The number of rotatable bonds is 8. The predicted octanol–water partition coefficient (Wildman–Crippen LogP) is 3.68. The van der Waals surface area contributed by atoms with Crippen LogP contribution >= 0.6 is 0 Å². The van der Waals surface area contributed by atoms with Crippen molar-refractivity contribution in [2.75, 3.05) is 19.7 Å². The van der Waals surface area contributed by atoms with Crippen molar-refractivity contribution < 1.29 is 14.3 Å². The van der Waals surface area contributed by atoms with Crippen molar-refractivity contribution in [1.82, 2.24) is 10.2 Å².